The molecule has 1 fully saturated rings. The average Bonchev–Trinajstić information content (AvgIpc) is 3.64. The zero-order chi connectivity index (χ0) is 35.1. The second-order valence-electron chi connectivity index (χ2n) is 10.6. The predicted molar refractivity (Wildman–Crippen MR) is 179 cm³/mol. The molecule has 5 heterocycles. The van der Waals surface area contributed by atoms with Gasteiger partial charge in [0.15, 0.2) is 0 Å². The molecule has 1 aliphatic rings. The highest BCUT2D eigenvalue weighted by molar-refractivity contribution is 7.93. The second kappa shape index (κ2) is 13.3. The van der Waals surface area contributed by atoms with Gasteiger partial charge in [0.1, 0.15) is 43.6 Å². The largest absolute Gasteiger partial charge is 0.479 e. The van der Waals surface area contributed by atoms with Crippen molar-refractivity contribution in [2.45, 2.75) is 28.6 Å². The number of hydrogen-bond donors (Lipinski definition) is 4. The third-order valence-electron chi connectivity index (χ3n) is 7.28. The van der Waals surface area contributed by atoms with Gasteiger partial charge in [-0.3, -0.25) is 9.44 Å². The zero-order valence-electron chi connectivity index (χ0n) is 25.4. The molecular weight excluding hydrogens is 727 g/mol. The van der Waals surface area contributed by atoms with Gasteiger partial charge < -0.3 is 19.4 Å². The molecule has 1 aromatic carbocycles. The van der Waals surface area contributed by atoms with Crippen LogP contribution >= 0.6 is 23.2 Å². The second-order valence-corrected chi connectivity index (χ2v) is 14.8. The van der Waals surface area contributed by atoms with Crippen LogP contribution in [0.1, 0.15) is 24.5 Å². The number of nitrogens with one attached hydrogen (secondary N) is 4. The van der Waals surface area contributed by atoms with E-state index in [9.17, 15) is 25.6 Å². The van der Waals surface area contributed by atoms with E-state index in [2.05, 4.69) is 34.4 Å². The molecule has 256 valence electrons. The monoisotopic (exact) mass is 751 g/mol. The molecule has 0 radical (unpaired) electrons. The van der Waals surface area contributed by atoms with Gasteiger partial charge in [0, 0.05) is 51.8 Å². The van der Waals surface area contributed by atoms with Crippen molar-refractivity contribution in [2.24, 2.45) is 0 Å². The van der Waals surface area contributed by atoms with Crippen molar-refractivity contribution in [3.8, 4) is 11.8 Å². The van der Waals surface area contributed by atoms with Gasteiger partial charge in [-0.05, 0) is 43.2 Å². The van der Waals surface area contributed by atoms with Crippen LogP contribution in [0.15, 0.2) is 70.8 Å². The van der Waals surface area contributed by atoms with Crippen molar-refractivity contribution in [1.82, 2.24) is 24.9 Å². The lowest BCUT2D eigenvalue weighted by Gasteiger charge is -2.12. The van der Waals surface area contributed by atoms with E-state index < -0.39 is 31.7 Å². The highest BCUT2D eigenvalue weighted by Crippen LogP contribution is 2.42. The van der Waals surface area contributed by atoms with Crippen LogP contribution < -0.4 is 18.9 Å². The van der Waals surface area contributed by atoms with Gasteiger partial charge in [-0.1, -0.05) is 23.2 Å². The summed E-state index contributed by atoms with van der Waals surface area (Å²) in [5, 5.41) is 1.54. The number of sulfonamides is 2. The van der Waals surface area contributed by atoms with E-state index in [1.165, 1.54) is 38.7 Å². The van der Waals surface area contributed by atoms with Crippen LogP contribution in [0.2, 0.25) is 10.2 Å². The molecule has 0 unspecified atom stereocenters. The predicted octanol–water partition coefficient (Wildman–Crippen LogP) is 6.60. The van der Waals surface area contributed by atoms with Gasteiger partial charge in [-0.25, -0.2) is 40.6 Å². The molecule has 4 N–H and O–H groups in total. The molecule has 0 bridgehead atoms. The number of pyridine rings is 3. The summed E-state index contributed by atoms with van der Waals surface area (Å²) >= 11 is 11.7. The van der Waals surface area contributed by atoms with Crippen molar-refractivity contribution in [2.75, 3.05) is 23.7 Å². The Bertz CT molecular complexity index is 2440. The first-order valence-electron chi connectivity index (χ1n) is 14.2. The van der Waals surface area contributed by atoms with Crippen molar-refractivity contribution in [1.29, 1.82) is 0 Å². The topological polar surface area (TPSA) is 181 Å². The van der Waals surface area contributed by atoms with Crippen molar-refractivity contribution < 1.29 is 35.1 Å². The average molecular weight is 753 g/mol. The van der Waals surface area contributed by atoms with Crippen molar-refractivity contribution >= 4 is 76.6 Å². The standard InChI is InChI=1S/C17H15ClFN3O3S.C13H10ClFN4O3S/c1-25-17-14(7-12(19)16(21-17)9-2-3-9)22-26(23,24)15-8-20-13-6-10(18)4-5-11(13)15;1-22-13-9(4-7(15)5-17-13)19-23(20,21)10-6-16-12-8(10)2-3-11(14)18-12/h4-9,20,22H,2-3H2,1H3;2-6,19H,1H3,(H,16,18). The number of hydrogen-bond acceptors (Lipinski definition) is 9. The van der Waals surface area contributed by atoms with E-state index in [4.69, 9.17) is 32.7 Å². The first kappa shape index (κ1) is 34.2. The van der Waals surface area contributed by atoms with Crippen LogP contribution in [-0.2, 0) is 20.0 Å². The maximum atomic E-state index is 14.3. The smallest absolute Gasteiger partial charge is 0.264 e. The SMILES string of the molecule is COc1nc(C2CC2)c(F)cc1NS(=O)(=O)c1c[nH]c2cc(Cl)ccc12.COc1ncc(F)cc1NS(=O)(=O)c1c[nH]c2nc(Cl)ccc12. The molecule has 0 spiro atoms. The van der Waals surface area contributed by atoms with Crippen LogP contribution in [-0.4, -0.2) is 56.0 Å². The summed E-state index contributed by atoms with van der Waals surface area (Å²) < 4.78 is 93.0. The van der Waals surface area contributed by atoms with Crippen LogP contribution in [0.5, 0.6) is 11.8 Å². The number of fused-ring (bicyclic) bond motifs is 2. The molecule has 0 amide bonds. The Balaban J connectivity index is 0.000000171. The summed E-state index contributed by atoms with van der Waals surface area (Å²) in [4.78, 5) is 17.4. The summed E-state index contributed by atoms with van der Waals surface area (Å²) in [6, 6.07) is 9.92. The Morgan fingerprint density at radius 1 is 0.816 bits per heavy atom. The van der Waals surface area contributed by atoms with E-state index in [0.717, 1.165) is 31.2 Å². The molecule has 49 heavy (non-hydrogen) atoms. The third kappa shape index (κ3) is 7.19. The Morgan fingerprint density at radius 2 is 1.45 bits per heavy atom. The van der Waals surface area contributed by atoms with Crippen LogP contribution in [0, 0.1) is 11.6 Å². The third-order valence-corrected chi connectivity index (χ3v) is 10.5. The number of halogens is 4. The van der Waals surface area contributed by atoms with Gasteiger partial charge in [-0.15, -0.1) is 0 Å². The Labute approximate surface area is 288 Å². The van der Waals surface area contributed by atoms with E-state index >= 15 is 0 Å². The highest BCUT2D eigenvalue weighted by Gasteiger charge is 2.31. The molecule has 0 atom stereocenters. The molecule has 1 aliphatic carbocycles. The van der Waals surface area contributed by atoms with E-state index in [0.29, 0.717) is 32.7 Å². The number of rotatable bonds is 9. The zero-order valence-corrected chi connectivity index (χ0v) is 28.5. The van der Waals surface area contributed by atoms with Gasteiger partial charge in [0.05, 0.1) is 26.1 Å². The summed E-state index contributed by atoms with van der Waals surface area (Å²) in [6.45, 7) is 0. The summed E-state index contributed by atoms with van der Waals surface area (Å²) in [5.41, 5.74) is 1.06. The van der Waals surface area contributed by atoms with Gasteiger partial charge in [-0.2, -0.15) is 0 Å². The summed E-state index contributed by atoms with van der Waals surface area (Å²) in [6.07, 6.45) is 5.30. The lowest BCUT2D eigenvalue weighted by Crippen LogP contribution is -2.14. The minimum absolute atomic E-state index is 0.0258. The molecule has 1 saturated carbocycles. The van der Waals surface area contributed by atoms with Gasteiger partial charge in [0.2, 0.25) is 11.8 Å². The van der Waals surface area contributed by atoms with Crippen LogP contribution in [0.3, 0.4) is 0 Å². The first-order chi connectivity index (χ1) is 23.3. The molecular formula is C30H25Cl2F2N7O6S2. The number of ether oxygens (including phenoxy) is 2. The minimum atomic E-state index is -4.01. The van der Waals surface area contributed by atoms with Crippen LogP contribution in [0.4, 0.5) is 20.2 Å². The molecule has 7 rings (SSSR count). The molecule has 0 saturated heterocycles. The molecule has 6 aromatic rings. The molecule has 5 aromatic heterocycles. The maximum Gasteiger partial charge on any atom is 0.264 e. The normalized spacial score (nSPS) is 13.2. The fourth-order valence-electron chi connectivity index (χ4n) is 4.89. The summed E-state index contributed by atoms with van der Waals surface area (Å²) in [7, 11) is -5.33. The lowest BCUT2D eigenvalue weighted by molar-refractivity contribution is 0.396. The van der Waals surface area contributed by atoms with Crippen molar-refractivity contribution in [3.05, 3.63) is 88.6 Å². The lowest BCUT2D eigenvalue weighted by atomic mass is 10.2. The molecule has 0 aliphatic heterocycles. The van der Waals surface area contributed by atoms with E-state index in [1.54, 1.807) is 18.2 Å². The number of aromatic amines is 2. The quantitative estimate of drug-likeness (QED) is 0.118. The van der Waals surface area contributed by atoms with Crippen molar-refractivity contribution in [3.63, 3.8) is 0 Å². The summed E-state index contributed by atoms with van der Waals surface area (Å²) in [5.74, 6) is -1.17. The highest BCUT2D eigenvalue weighted by atomic mass is 35.5. The Hall–Kier alpha value is -4.71. The number of nitrogens with zero attached hydrogens (tertiary/aromatic N) is 3. The van der Waals surface area contributed by atoms with E-state index in [-0.39, 0.29) is 44.0 Å². The Kier molecular flexibility index (Phi) is 9.27. The number of methoxy groups -OCH3 is 2. The minimum Gasteiger partial charge on any atom is -0.479 e. The number of benzene rings is 1. The maximum absolute atomic E-state index is 14.3. The Morgan fingerprint density at radius 3 is 2.12 bits per heavy atom. The van der Waals surface area contributed by atoms with Gasteiger partial charge >= 0.3 is 0 Å². The first-order valence-corrected chi connectivity index (χ1v) is 17.9. The van der Waals surface area contributed by atoms with Crippen LogP contribution in [0.25, 0.3) is 21.9 Å². The number of anilines is 2. The fourth-order valence-corrected chi connectivity index (χ4v) is 7.65. The molecule has 19 heteroatoms. The number of H-pyrrole nitrogens is 2. The van der Waals surface area contributed by atoms with E-state index in [1.807, 2.05) is 0 Å². The number of aromatic nitrogens is 5. The van der Waals surface area contributed by atoms with Gasteiger partial charge in [0.25, 0.3) is 20.0 Å². The fraction of sp³-hybridized carbons (Fsp3) is 0.167. The molecule has 13 nitrogen and oxygen atoms in total.